The highest BCUT2D eigenvalue weighted by molar-refractivity contribution is 7.72. The third-order valence-corrected chi connectivity index (χ3v) is 6.06. The molecule has 2 amide bonds. The Bertz CT molecular complexity index is 922. The Balaban J connectivity index is 1.88. The van der Waals surface area contributed by atoms with Crippen LogP contribution in [0.3, 0.4) is 0 Å². The molecule has 3 rings (SSSR count). The molecule has 9 nitrogen and oxygen atoms in total. The fourth-order valence-corrected chi connectivity index (χ4v) is 4.61. The molecular weight excluding hydrogens is 407 g/mol. The summed E-state index contributed by atoms with van der Waals surface area (Å²) in [6, 6.07) is 16.0. The standard InChI is InChI=1S/C20H23N4O5P/c21-17(11-12-18(22)25)19(26)24-14-13-23-20(24)30(27,28-15-7-3-1-4-8-15)29-16-9-5-2-6-10-16/h1-10,17H,11-14,21H2,(H2,22,25)/t17-/m0/s1. The van der Waals surface area contributed by atoms with Crippen molar-refractivity contribution in [2.45, 2.75) is 18.9 Å². The van der Waals surface area contributed by atoms with Gasteiger partial charge in [0.15, 0.2) is 0 Å². The molecule has 0 saturated heterocycles. The zero-order valence-corrected chi connectivity index (χ0v) is 17.1. The van der Waals surface area contributed by atoms with E-state index in [2.05, 4.69) is 4.99 Å². The lowest BCUT2D eigenvalue weighted by Crippen LogP contribution is -2.46. The maximum absolute atomic E-state index is 13.9. The molecule has 0 saturated carbocycles. The van der Waals surface area contributed by atoms with Gasteiger partial charge >= 0.3 is 7.60 Å². The number of benzene rings is 2. The van der Waals surface area contributed by atoms with Crippen molar-refractivity contribution in [3.63, 3.8) is 0 Å². The lowest BCUT2D eigenvalue weighted by Gasteiger charge is -2.26. The van der Waals surface area contributed by atoms with Gasteiger partial charge < -0.3 is 20.5 Å². The molecule has 0 aliphatic carbocycles. The maximum Gasteiger partial charge on any atom is 0.498 e. The number of primary amides is 1. The van der Waals surface area contributed by atoms with E-state index in [0.717, 1.165) is 0 Å². The van der Waals surface area contributed by atoms with Crippen molar-refractivity contribution >= 4 is 25.0 Å². The van der Waals surface area contributed by atoms with Crippen LogP contribution in [0, 0.1) is 0 Å². The largest absolute Gasteiger partial charge is 0.498 e. The van der Waals surface area contributed by atoms with Crippen LogP contribution in [0.15, 0.2) is 65.7 Å². The lowest BCUT2D eigenvalue weighted by molar-refractivity contribution is -0.128. The van der Waals surface area contributed by atoms with Crippen LogP contribution in [0.25, 0.3) is 0 Å². The molecule has 0 aromatic heterocycles. The van der Waals surface area contributed by atoms with E-state index in [4.69, 9.17) is 20.5 Å². The highest BCUT2D eigenvalue weighted by atomic mass is 31.2. The predicted molar refractivity (Wildman–Crippen MR) is 112 cm³/mol. The van der Waals surface area contributed by atoms with Crippen molar-refractivity contribution in [3.8, 4) is 11.5 Å². The number of nitrogens with two attached hydrogens (primary N) is 2. The summed E-state index contributed by atoms with van der Waals surface area (Å²) in [5.41, 5.74) is 10.9. The molecule has 1 heterocycles. The molecule has 30 heavy (non-hydrogen) atoms. The molecule has 10 heteroatoms. The Morgan fingerprint density at radius 3 is 2.07 bits per heavy atom. The second kappa shape index (κ2) is 9.56. The van der Waals surface area contributed by atoms with Crippen molar-refractivity contribution in [2.24, 2.45) is 16.5 Å². The van der Waals surface area contributed by atoms with E-state index in [-0.39, 0.29) is 31.5 Å². The number of aliphatic imine (C=N–C) groups is 1. The van der Waals surface area contributed by atoms with E-state index in [0.29, 0.717) is 11.5 Å². The summed E-state index contributed by atoms with van der Waals surface area (Å²) in [5, 5.41) is 0. The monoisotopic (exact) mass is 430 g/mol. The number of hydrogen-bond donors (Lipinski definition) is 2. The van der Waals surface area contributed by atoms with Gasteiger partial charge in [0.1, 0.15) is 11.5 Å². The number of hydrogen-bond acceptors (Lipinski definition) is 7. The zero-order valence-electron chi connectivity index (χ0n) is 16.2. The molecule has 2 aromatic rings. The summed E-state index contributed by atoms with van der Waals surface area (Å²) in [5.74, 6) is -0.478. The molecule has 0 fully saturated rings. The lowest BCUT2D eigenvalue weighted by atomic mass is 10.1. The van der Waals surface area contributed by atoms with Gasteiger partial charge in [-0.15, -0.1) is 0 Å². The molecule has 1 atom stereocenters. The van der Waals surface area contributed by atoms with Crippen molar-refractivity contribution in [1.82, 2.24) is 4.90 Å². The summed E-state index contributed by atoms with van der Waals surface area (Å²) in [6.45, 7) is 0.405. The van der Waals surface area contributed by atoms with E-state index in [1.165, 1.54) is 4.90 Å². The van der Waals surface area contributed by atoms with Crippen LogP contribution in [0.5, 0.6) is 11.5 Å². The molecule has 1 aliphatic heterocycles. The quantitative estimate of drug-likeness (QED) is 0.585. The number of carbonyl (C=O) groups excluding carboxylic acids is 2. The highest BCUT2D eigenvalue weighted by Crippen LogP contribution is 2.51. The molecule has 4 N–H and O–H groups in total. The van der Waals surface area contributed by atoms with E-state index >= 15 is 0 Å². The van der Waals surface area contributed by atoms with Gasteiger partial charge in [-0.25, -0.2) is 4.57 Å². The normalized spacial score (nSPS) is 14.7. The molecule has 0 unspecified atom stereocenters. The molecule has 0 bridgehead atoms. The summed E-state index contributed by atoms with van der Waals surface area (Å²) in [4.78, 5) is 29.3. The van der Waals surface area contributed by atoms with Crippen molar-refractivity contribution in [1.29, 1.82) is 0 Å². The number of nitrogens with zero attached hydrogens (tertiary/aromatic N) is 2. The second-order valence-electron chi connectivity index (χ2n) is 6.59. The SMILES string of the molecule is NC(=O)CC[C@H](N)C(=O)N1CCN=C1P(=O)(Oc1ccccc1)Oc1ccccc1. The summed E-state index contributed by atoms with van der Waals surface area (Å²) in [7, 11) is -4.09. The Morgan fingerprint density at radius 2 is 1.57 bits per heavy atom. The smallest absolute Gasteiger partial charge is 0.411 e. The topological polar surface area (TPSA) is 137 Å². The Labute approximate surface area is 174 Å². The number of amides is 2. The number of para-hydroxylation sites is 2. The summed E-state index contributed by atoms with van der Waals surface area (Å²) < 4.78 is 25.4. The fourth-order valence-electron chi connectivity index (χ4n) is 2.84. The van der Waals surface area contributed by atoms with Gasteiger partial charge in [0, 0.05) is 13.0 Å². The third-order valence-electron chi connectivity index (χ3n) is 4.29. The van der Waals surface area contributed by atoms with Gasteiger partial charge in [0.2, 0.25) is 17.4 Å². The fraction of sp³-hybridized carbons (Fsp3) is 0.250. The number of amidine groups is 1. The van der Waals surface area contributed by atoms with Crippen molar-refractivity contribution in [3.05, 3.63) is 60.7 Å². The van der Waals surface area contributed by atoms with Crippen LogP contribution in [0.1, 0.15) is 12.8 Å². The minimum absolute atomic E-state index is 0.0358. The van der Waals surface area contributed by atoms with Crippen molar-refractivity contribution in [2.75, 3.05) is 13.1 Å². The van der Waals surface area contributed by atoms with E-state index < -0.39 is 25.5 Å². The van der Waals surface area contributed by atoms with Crippen LogP contribution < -0.4 is 20.5 Å². The van der Waals surface area contributed by atoms with Gasteiger partial charge in [0.25, 0.3) is 0 Å². The minimum Gasteiger partial charge on any atom is -0.411 e. The van der Waals surface area contributed by atoms with Crippen LogP contribution in [0.4, 0.5) is 0 Å². The first kappa shape index (κ1) is 21.5. The number of rotatable bonds is 9. The highest BCUT2D eigenvalue weighted by Gasteiger charge is 2.45. The first-order chi connectivity index (χ1) is 14.4. The Kier molecular flexibility index (Phi) is 6.87. The molecule has 0 radical (unpaired) electrons. The van der Waals surface area contributed by atoms with Gasteiger partial charge in [0.05, 0.1) is 12.6 Å². The molecule has 2 aromatic carbocycles. The predicted octanol–water partition coefficient (Wildman–Crippen LogP) is 2.13. The van der Waals surface area contributed by atoms with E-state index in [1.807, 2.05) is 0 Å². The average Bonchev–Trinajstić information content (AvgIpc) is 3.23. The third kappa shape index (κ3) is 5.25. The van der Waals surface area contributed by atoms with Crippen LogP contribution >= 0.6 is 7.60 Å². The first-order valence-corrected chi connectivity index (χ1v) is 10.9. The first-order valence-electron chi connectivity index (χ1n) is 9.38. The average molecular weight is 430 g/mol. The maximum atomic E-state index is 13.9. The van der Waals surface area contributed by atoms with Gasteiger partial charge in [-0.05, 0) is 30.7 Å². The minimum atomic E-state index is -4.09. The van der Waals surface area contributed by atoms with E-state index in [1.54, 1.807) is 60.7 Å². The Hall–Kier alpha value is -3.16. The summed E-state index contributed by atoms with van der Waals surface area (Å²) in [6.07, 6.45) is 0.0350. The zero-order chi connectivity index (χ0) is 21.6. The van der Waals surface area contributed by atoms with Gasteiger partial charge in [-0.1, -0.05) is 36.4 Å². The van der Waals surface area contributed by atoms with Crippen molar-refractivity contribution < 1.29 is 23.2 Å². The van der Waals surface area contributed by atoms with Crippen LogP contribution in [-0.4, -0.2) is 41.4 Å². The molecule has 158 valence electrons. The van der Waals surface area contributed by atoms with Gasteiger partial charge in [-0.3, -0.25) is 19.5 Å². The summed E-state index contributed by atoms with van der Waals surface area (Å²) >= 11 is 0. The second-order valence-corrected chi connectivity index (χ2v) is 8.35. The number of carbonyl (C=O) groups is 2. The Morgan fingerprint density at radius 1 is 1.03 bits per heavy atom. The molecule has 0 spiro atoms. The van der Waals surface area contributed by atoms with E-state index in [9.17, 15) is 14.2 Å². The van der Waals surface area contributed by atoms with Crippen LogP contribution in [-0.2, 0) is 14.2 Å². The molecule has 1 aliphatic rings. The molecular formula is C20H23N4O5P. The van der Waals surface area contributed by atoms with Gasteiger partial charge in [-0.2, -0.15) is 0 Å². The van der Waals surface area contributed by atoms with Crippen LogP contribution in [0.2, 0.25) is 0 Å².